The maximum Gasteiger partial charge on any atom is 0.318 e. The van der Waals surface area contributed by atoms with Gasteiger partial charge in [-0.3, -0.25) is 0 Å². The zero-order valence-electron chi connectivity index (χ0n) is 16.5. The van der Waals surface area contributed by atoms with Crippen molar-refractivity contribution in [3.8, 4) is 0 Å². The molecule has 0 saturated carbocycles. The smallest absolute Gasteiger partial charge is 0.318 e. The molecule has 2 aromatic rings. The van der Waals surface area contributed by atoms with Crippen molar-refractivity contribution in [3.63, 3.8) is 0 Å². The third-order valence-electron chi connectivity index (χ3n) is 5.78. The van der Waals surface area contributed by atoms with Gasteiger partial charge in [-0.2, -0.15) is 0 Å². The zero-order valence-corrected chi connectivity index (χ0v) is 16.5. The van der Waals surface area contributed by atoms with Crippen molar-refractivity contribution >= 4 is 6.03 Å². The number of nitrogens with zero attached hydrogens (tertiary/aromatic N) is 3. The summed E-state index contributed by atoms with van der Waals surface area (Å²) in [5.74, 6) is 0.639. The first kappa shape index (κ1) is 19.0. The summed E-state index contributed by atoms with van der Waals surface area (Å²) in [5, 5.41) is 14.2. The predicted octanol–water partition coefficient (Wildman–Crippen LogP) is 2.46. The number of rotatable bonds is 5. The first-order valence-electron chi connectivity index (χ1n) is 9.87. The summed E-state index contributed by atoms with van der Waals surface area (Å²) < 4.78 is 5.43. The maximum absolute atomic E-state index is 12.8. The number of amides is 2. The van der Waals surface area contributed by atoms with Gasteiger partial charge in [0.15, 0.2) is 0 Å². The van der Waals surface area contributed by atoms with E-state index in [0.29, 0.717) is 31.8 Å². The van der Waals surface area contributed by atoms with Crippen molar-refractivity contribution in [1.82, 2.24) is 20.1 Å². The van der Waals surface area contributed by atoms with E-state index in [1.807, 2.05) is 54.2 Å². The van der Waals surface area contributed by atoms with E-state index in [4.69, 9.17) is 4.42 Å². The summed E-state index contributed by atoms with van der Waals surface area (Å²) in [5.41, 5.74) is 0.815. The minimum absolute atomic E-state index is 0.0607. The van der Waals surface area contributed by atoms with Crippen LogP contribution in [0.5, 0.6) is 0 Å². The highest BCUT2D eigenvalue weighted by molar-refractivity contribution is 5.75. The fourth-order valence-corrected chi connectivity index (χ4v) is 4.57. The fourth-order valence-electron chi connectivity index (χ4n) is 4.57. The van der Waals surface area contributed by atoms with Crippen LogP contribution in [0.2, 0.25) is 0 Å². The van der Waals surface area contributed by atoms with Crippen LogP contribution in [0.25, 0.3) is 0 Å². The van der Waals surface area contributed by atoms with Gasteiger partial charge in [0, 0.05) is 24.9 Å². The fraction of sp³-hybridized carbons (Fsp3) is 0.524. The van der Waals surface area contributed by atoms with E-state index < -0.39 is 5.60 Å². The number of aromatic nitrogens is 1. The van der Waals surface area contributed by atoms with Gasteiger partial charge in [0.2, 0.25) is 5.89 Å². The number of piperidine rings is 1. The number of oxazole rings is 1. The Bertz CT molecular complexity index is 806. The lowest BCUT2D eigenvalue weighted by molar-refractivity contribution is -0.0437. The molecule has 2 fully saturated rings. The molecule has 7 heteroatoms. The first-order valence-corrected chi connectivity index (χ1v) is 9.87. The van der Waals surface area contributed by atoms with Crippen molar-refractivity contribution in [2.45, 2.75) is 56.5 Å². The summed E-state index contributed by atoms with van der Waals surface area (Å²) in [7, 11) is 3.91. The maximum atomic E-state index is 12.8. The van der Waals surface area contributed by atoms with Crippen LogP contribution in [0.1, 0.15) is 42.8 Å². The summed E-state index contributed by atoms with van der Waals surface area (Å²) in [6.45, 7) is 0.969. The molecule has 0 aliphatic carbocycles. The zero-order chi connectivity index (χ0) is 19.7. The monoisotopic (exact) mass is 384 g/mol. The molecule has 2 amide bonds. The first-order chi connectivity index (χ1) is 13.4. The Hall–Kier alpha value is -2.38. The normalized spacial score (nSPS) is 26.6. The molecule has 3 heterocycles. The average Bonchev–Trinajstić information content (AvgIpc) is 3.22. The lowest BCUT2D eigenvalue weighted by Gasteiger charge is -2.44. The molecule has 1 aromatic carbocycles. The molecule has 7 nitrogen and oxygen atoms in total. The molecular formula is C21H28N4O3. The van der Waals surface area contributed by atoms with Gasteiger partial charge < -0.3 is 24.6 Å². The lowest BCUT2D eigenvalue weighted by atomic mass is 9.80. The summed E-state index contributed by atoms with van der Waals surface area (Å²) in [4.78, 5) is 21.1. The van der Waals surface area contributed by atoms with Crippen LogP contribution < -0.4 is 5.32 Å². The quantitative estimate of drug-likeness (QED) is 0.828. The van der Waals surface area contributed by atoms with E-state index >= 15 is 0 Å². The minimum Gasteiger partial charge on any atom is -0.447 e. The lowest BCUT2D eigenvalue weighted by Crippen LogP contribution is -2.54. The number of carbonyl (C=O) groups excluding carboxylic acids is 1. The molecule has 2 unspecified atom stereocenters. The number of hydrogen-bond acceptors (Lipinski definition) is 5. The van der Waals surface area contributed by atoms with Gasteiger partial charge in [0.05, 0.1) is 24.4 Å². The molecule has 2 aliphatic rings. The van der Waals surface area contributed by atoms with Crippen LogP contribution in [0, 0.1) is 0 Å². The summed E-state index contributed by atoms with van der Waals surface area (Å²) in [6, 6.07) is 9.86. The highest BCUT2D eigenvalue weighted by atomic mass is 16.3. The molecule has 2 N–H and O–H groups in total. The van der Waals surface area contributed by atoms with Gasteiger partial charge in [-0.15, -0.1) is 0 Å². The number of hydrogen-bond donors (Lipinski definition) is 2. The molecule has 1 aromatic heterocycles. The Balaban J connectivity index is 1.38. The standard InChI is InChI=1S/C21H28N4O3/c1-24(2)13-19-23-16(14-28-19)12-22-20(26)25-17-8-9-18(25)11-21(27,10-17)15-6-4-3-5-7-15/h3-7,14,17-18,27H,8-13H2,1-2H3,(H,22,26). The number of aliphatic hydroxyl groups is 1. The van der Waals surface area contributed by atoms with Crippen molar-refractivity contribution in [2.75, 3.05) is 14.1 Å². The van der Waals surface area contributed by atoms with E-state index in [2.05, 4.69) is 10.3 Å². The molecular weight excluding hydrogens is 356 g/mol. The number of urea groups is 1. The second-order valence-electron chi connectivity index (χ2n) is 8.23. The Morgan fingerprint density at radius 3 is 2.61 bits per heavy atom. The van der Waals surface area contributed by atoms with Crippen LogP contribution in [-0.2, 0) is 18.7 Å². The molecule has 2 aliphatic heterocycles. The largest absolute Gasteiger partial charge is 0.447 e. The van der Waals surface area contributed by atoms with Crippen molar-refractivity contribution in [1.29, 1.82) is 0 Å². The van der Waals surface area contributed by atoms with Crippen molar-refractivity contribution in [3.05, 3.63) is 53.7 Å². The molecule has 0 radical (unpaired) electrons. The molecule has 150 valence electrons. The SMILES string of the molecule is CN(C)Cc1nc(CNC(=O)N2C3CCC2CC(O)(c2ccccc2)C3)co1. The van der Waals surface area contributed by atoms with Crippen LogP contribution in [0.4, 0.5) is 4.79 Å². The van der Waals surface area contributed by atoms with E-state index in [9.17, 15) is 9.90 Å². The van der Waals surface area contributed by atoms with Crippen LogP contribution >= 0.6 is 0 Å². The minimum atomic E-state index is -0.850. The van der Waals surface area contributed by atoms with Gasteiger partial charge in [-0.05, 0) is 32.5 Å². The second-order valence-corrected chi connectivity index (χ2v) is 8.23. The van der Waals surface area contributed by atoms with Crippen LogP contribution in [0.15, 0.2) is 41.0 Å². The topological polar surface area (TPSA) is 81.8 Å². The summed E-state index contributed by atoms with van der Waals surface area (Å²) >= 11 is 0. The number of carbonyl (C=O) groups is 1. The third-order valence-corrected chi connectivity index (χ3v) is 5.78. The van der Waals surface area contributed by atoms with Gasteiger partial charge in [-0.1, -0.05) is 30.3 Å². The van der Waals surface area contributed by atoms with E-state index in [-0.39, 0.29) is 18.1 Å². The Morgan fingerprint density at radius 1 is 1.29 bits per heavy atom. The second kappa shape index (κ2) is 7.56. The van der Waals surface area contributed by atoms with Gasteiger partial charge >= 0.3 is 6.03 Å². The highest BCUT2D eigenvalue weighted by Gasteiger charge is 2.49. The Labute approximate surface area is 165 Å². The van der Waals surface area contributed by atoms with Crippen LogP contribution in [0.3, 0.4) is 0 Å². The predicted molar refractivity (Wildman–Crippen MR) is 104 cm³/mol. The Morgan fingerprint density at radius 2 is 1.96 bits per heavy atom. The van der Waals surface area contributed by atoms with Crippen molar-refractivity contribution < 1.29 is 14.3 Å². The molecule has 4 rings (SSSR count). The molecule has 2 saturated heterocycles. The van der Waals surface area contributed by atoms with E-state index in [1.54, 1.807) is 6.26 Å². The van der Waals surface area contributed by atoms with Gasteiger partial charge in [0.1, 0.15) is 6.26 Å². The number of nitrogens with one attached hydrogen (secondary N) is 1. The number of benzene rings is 1. The molecule has 2 bridgehead atoms. The van der Waals surface area contributed by atoms with Gasteiger partial charge in [-0.25, -0.2) is 9.78 Å². The van der Waals surface area contributed by atoms with Crippen molar-refractivity contribution in [2.24, 2.45) is 0 Å². The van der Waals surface area contributed by atoms with E-state index in [1.165, 1.54) is 0 Å². The third kappa shape index (κ3) is 3.77. The summed E-state index contributed by atoms with van der Waals surface area (Å²) in [6.07, 6.45) is 4.63. The number of fused-ring (bicyclic) bond motifs is 2. The molecule has 0 spiro atoms. The molecule has 28 heavy (non-hydrogen) atoms. The molecule has 2 atom stereocenters. The average molecular weight is 384 g/mol. The van der Waals surface area contributed by atoms with E-state index in [0.717, 1.165) is 24.1 Å². The highest BCUT2D eigenvalue weighted by Crippen LogP contribution is 2.45. The van der Waals surface area contributed by atoms with Gasteiger partial charge in [0.25, 0.3) is 0 Å². The Kier molecular flexibility index (Phi) is 5.12. The van der Waals surface area contributed by atoms with Crippen LogP contribution in [-0.4, -0.2) is 52.1 Å².